The summed E-state index contributed by atoms with van der Waals surface area (Å²) in [5, 5.41) is 2.63. The van der Waals surface area contributed by atoms with Crippen molar-refractivity contribution in [3.63, 3.8) is 0 Å². The molecule has 1 atom stereocenters. The highest BCUT2D eigenvalue weighted by atomic mass is 16.7. The van der Waals surface area contributed by atoms with Gasteiger partial charge in [-0.1, -0.05) is 13.8 Å². The van der Waals surface area contributed by atoms with Crippen LogP contribution in [-0.4, -0.2) is 31.8 Å². The predicted molar refractivity (Wildman–Crippen MR) is 75.1 cm³/mol. The Morgan fingerprint density at radius 1 is 1.29 bits per heavy atom. The van der Waals surface area contributed by atoms with Gasteiger partial charge in [-0.2, -0.15) is 0 Å². The molecule has 2 rings (SSSR count). The van der Waals surface area contributed by atoms with Crippen molar-refractivity contribution in [1.82, 2.24) is 5.32 Å². The lowest BCUT2D eigenvalue weighted by molar-refractivity contribution is -0.144. The number of esters is 1. The van der Waals surface area contributed by atoms with Gasteiger partial charge < -0.3 is 25.3 Å². The van der Waals surface area contributed by atoms with Crippen molar-refractivity contribution in [2.75, 3.05) is 19.6 Å². The van der Waals surface area contributed by atoms with Crippen molar-refractivity contribution in [2.24, 2.45) is 5.92 Å². The molecule has 0 aromatic heterocycles. The average molecular weight is 294 g/mol. The maximum absolute atomic E-state index is 12.3. The fraction of sp³-hybridized carbons (Fsp3) is 0.429. The number of carbonyl (C=O) groups excluding carboxylic acids is 2. The van der Waals surface area contributed by atoms with Crippen LogP contribution in [0.15, 0.2) is 12.1 Å². The molecule has 114 valence electrons. The summed E-state index contributed by atoms with van der Waals surface area (Å²) in [6, 6.07) is 2.29. The molecular weight excluding hydrogens is 276 g/mol. The molecule has 0 fully saturated rings. The molecule has 0 spiro atoms. The van der Waals surface area contributed by atoms with Gasteiger partial charge in [0.15, 0.2) is 11.5 Å². The highest BCUT2D eigenvalue weighted by Gasteiger charge is 2.27. The third-order valence-electron chi connectivity index (χ3n) is 3.20. The molecule has 1 aliphatic heterocycles. The minimum atomic E-state index is -0.743. The van der Waals surface area contributed by atoms with Gasteiger partial charge in [-0.05, 0) is 12.0 Å². The highest BCUT2D eigenvalue weighted by Crippen LogP contribution is 2.35. The van der Waals surface area contributed by atoms with Crippen molar-refractivity contribution >= 4 is 17.6 Å². The van der Waals surface area contributed by atoms with Gasteiger partial charge in [-0.15, -0.1) is 0 Å². The summed E-state index contributed by atoms with van der Waals surface area (Å²) < 4.78 is 15.1. The van der Waals surface area contributed by atoms with Crippen LogP contribution in [-0.2, 0) is 9.53 Å². The van der Waals surface area contributed by atoms with Crippen LogP contribution < -0.4 is 20.5 Å². The zero-order chi connectivity index (χ0) is 15.6. The molecule has 7 nitrogen and oxygen atoms in total. The first-order chi connectivity index (χ1) is 9.93. The number of amides is 1. The SMILES string of the molecule is COC(=O)C(NC(=O)c1cc2c(cc1N)OCO2)C(C)C. The van der Waals surface area contributed by atoms with Crippen molar-refractivity contribution in [1.29, 1.82) is 0 Å². The normalized spacial score (nSPS) is 13.9. The van der Waals surface area contributed by atoms with Crippen LogP contribution in [0.1, 0.15) is 24.2 Å². The van der Waals surface area contributed by atoms with E-state index in [1.165, 1.54) is 19.2 Å². The first-order valence-electron chi connectivity index (χ1n) is 6.51. The standard InChI is InChI=1S/C14H18N2O5/c1-7(2)12(14(18)19-3)16-13(17)8-4-10-11(5-9(8)15)21-6-20-10/h4-5,7,12H,6,15H2,1-3H3,(H,16,17). The van der Waals surface area contributed by atoms with Gasteiger partial charge in [-0.25, -0.2) is 4.79 Å². The van der Waals surface area contributed by atoms with E-state index in [0.717, 1.165) is 0 Å². The number of nitrogens with one attached hydrogen (secondary N) is 1. The van der Waals surface area contributed by atoms with Crippen molar-refractivity contribution < 1.29 is 23.8 Å². The van der Waals surface area contributed by atoms with E-state index in [2.05, 4.69) is 10.1 Å². The number of benzene rings is 1. The van der Waals surface area contributed by atoms with Crippen molar-refractivity contribution in [3.05, 3.63) is 17.7 Å². The smallest absolute Gasteiger partial charge is 0.328 e. The van der Waals surface area contributed by atoms with E-state index in [4.69, 9.17) is 15.2 Å². The molecule has 0 radical (unpaired) electrons. The Kier molecular flexibility index (Phi) is 4.21. The molecule has 21 heavy (non-hydrogen) atoms. The Morgan fingerprint density at radius 3 is 2.48 bits per heavy atom. The summed E-state index contributed by atoms with van der Waals surface area (Å²) in [7, 11) is 1.28. The summed E-state index contributed by atoms with van der Waals surface area (Å²) in [5.74, 6) is -0.129. The third kappa shape index (κ3) is 3.01. The van der Waals surface area contributed by atoms with Crippen LogP contribution >= 0.6 is 0 Å². The van der Waals surface area contributed by atoms with Gasteiger partial charge in [0.2, 0.25) is 6.79 Å². The number of methoxy groups -OCH3 is 1. The van der Waals surface area contributed by atoms with Crippen LogP contribution in [0.5, 0.6) is 11.5 Å². The summed E-state index contributed by atoms with van der Waals surface area (Å²) in [6.45, 7) is 3.71. The van der Waals surface area contributed by atoms with Crippen molar-refractivity contribution in [2.45, 2.75) is 19.9 Å². The fourth-order valence-corrected chi connectivity index (χ4v) is 2.00. The molecule has 0 saturated carbocycles. The lowest BCUT2D eigenvalue weighted by Crippen LogP contribution is -2.45. The van der Waals surface area contributed by atoms with Crippen LogP contribution in [0, 0.1) is 5.92 Å². The number of hydrogen-bond donors (Lipinski definition) is 2. The molecule has 0 saturated heterocycles. The second kappa shape index (κ2) is 5.90. The second-order valence-corrected chi connectivity index (χ2v) is 5.01. The van der Waals surface area contributed by atoms with E-state index < -0.39 is 17.9 Å². The monoisotopic (exact) mass is 294 g/mol. The van der Waals surface area contributed by atoms with Crippen LogP contribution in [0.4, 0.5) is 5.69 Å². The average Bonchev–Trinajstić information content (AvgIpc) is 2.89. The lowest BCUT2D eigenvalue weighted by Gasteiger charge is -2.20. The predicted octanol–water partition coefficient (Wildman–Crippen LogP) is 0.925. The first-order valence-corrected chi connectivity index (χ1v) is 6.51. The molecule has 1 heterocycles. The van der Waals surface area contributed by atoms with E-state index in [1.54, 1.807) is 0 Å². The zero-order valence-corrected chi connectivity index (χ0v) is 12.1. The molecule has 7 heteroatoms. The number of anilines is 1. The van der Waals surface area contributed by atoms with Crippen LogP contribution in [0.2, 0.25) is 0 Å². The molecule has 1 aromatic rings. The number of rotatable bonds is 4. The van der Waals surface area contributed by atoms with E-state index in [0.29, 0.717) is 11.5 Å². The van der Waals surface area contributed by atoms with Gasteiger partial charge in [-0.3, -0.25) is 4.79 Å². The van der Waals surface area contributed by atoms with E-state index >= 15 is 0 Å². The number of hydrogen-bond acceptors (Lipinski definition) is 6. The van der Waals surface area contributed by atoms with E-state index in [-0.39, 0.29) is 24.0 Å². The largest absolute Gasteiger partial charge is 0.467 e. The number of nitrogens with two attached hydrogens (primary N) is 1. The topological polar surface area (TPSA) is 99.9 Å². The number of nitrogen functional groups attached to an aromatic ring is 1. The Hall–Kier alpha value is -2.44. The molecular formula is C14H18N2O5. The second-order valence-electron chi connectivity index (χ2n) is 5.01. The van der Waals surface area contributed by atoms with E-state index in [9.17, 15) is 9.59 Å². The number of ether oxygens (including phenoxy) is 3. The highest BCUT2D eigenvalue weighted by molar-refractivity contribution is 6.01. The first kappa shape index (κ1) is 15.0. The number of fused-ring (bicyclic) bond motifs is 1. The molecule has 3 N–H and O–H groups in total. The third-order valence-corrected chi connectivity index (χ3v) is 3.20. The molecule has 1 unspecified atom stereocenters. The Morgan fingerprint density at radius 2 is 1.90 bits per heavy atom. The summed E-state index contributed by atoms with van der Waals surface area (Å²) in [6.07, 6.45) is 0. The summed E-state index contributed by atoms with van der Waals surface area (Å²) in [4.78, 5) is 24.0. The van der Waals surface area contributed by atoms with Gasteiger partial charge in [0, 0.05) is 11.8 Å². The van der Waals surface area contributed by atoms with Gasteiger partial charge in [0.25, 0.3) is 5.91 Å². The molecule has 1 aromatic carbocycles. The minimum Gasteiger partial charge on any atom is -0.467 e. The Balaban J connectivity index is 2.22. The minimum absolute atomic E-state index is 0.0939. The molecule has 0 bridgehead atoms. The van der Waals surface area contributed by atoms with Crippen LogP contribution in [0.25, 0.3) is 0 Å². The number of carbonyl (C=O) groups is 2. The summed E-state index contributed by atoms with van der Waals surface area (Å²) in [5.41, 5.74) is 6.33. The fourth-order valence-electron chi connectivity index (χ4n) is 2.00. The van der Waals surface area contributed by atoms with Gasteiger partial charge in [0.1, 0.15) is 6.04 Å². The molecule has 1 amide bonds. The van der Waals surface area contributed by atoms with Crippen LogP contribution in [0.3, 0.4) is 0 Å². The molecule has 0 aliphatic carbocycles. The quantitative estimate of drug-likeness (QED) is 0.633. The zero-order valence-electron chi connectivity index (χ0n) is 12.1. The van der Waals surface area contributed by atoms with E-state index in [1.807, 2.05) is 13.8 Å². The summed E-state index contributed by atoms with van der Waals surface area (Å²) >= 11 is 0. The van der Waals surface area contributed by atoms with Gasteiger partial charge in [0.05, 0.1) is 12.7 Å². The molecule has 1 aliphatic rings. The Bertz CT molecular complexity index is 571. The maximum atomic E-state index is 12.3. The van der Waals surface area contributed by atoms with Crippen molar-refractivity contribution in [3.8, 4) is 11.5 Å². The lowest BCUT2D eigenvalue weighted by atomic mass is 10.0. The Labute approximate surface area is 122 Å². The maximum Gasteiger partial charge on any atom is 0.328 e. The van der Waals surface area contributed by atoms with Gasteiger partial charge >= 0.3 is 5.97 Å².